The fourth-order valence-corrected chi connectivity index (χ4v) is 2.89. The van der Waals surface area contributed by atoms with Gasteiger partial charge in [0, 0.05) is 0 Å². The summed E-state index contributed by atoms with van der Waals surface area (Å²) in [7, 11) is 0. The molecule has 0 aliphatic carbocycles. The predicted octanol–water partition coefficient (Wildman–Crippen LogP) is -4.19. The summed E-state index contributed by atoms with van der Waals surface area (Å²) in [5.74, 6) is -0.0516. The van der Waals surface area contributed by atoms with E-state index >= 15 is 0 Å². The molecule has 0 aromatic heterocycles. The smallest absolute Gasteiger partial charge is 1.00 e. The number of aromatic amines is 1. The van der Waals surface area contributed by atoms with Crippen molar-refractivity contribution in [3.63, 3.8) is 0 Å². The molecule has 2 aliphatic rings. The van der Waals surface area contributed by atoms with Crippen LogP contribution in [0.25, 0.3) is 22.6 Å². The van der Waals surface area contributed by atoms with Crippen molar-refractivity contribution in [3.8, 4) is 11.5 Å². The molecule has 3 atom stereocenters. The number of benzene rings is 1. The summed E-state index contributed by atoms with van der Waals surface area (Å²) in [4.78, 5) is 34.0. The number of halogens is 1. The van der Waals surface area contributed by atoms with Crippen molar-refractivity contribution in [1.29, 1.82) is 0 Å². The first-order chi connectivity index (χ1) is 12.7. The van der Waals surface area contributed by atoms with Crippen LogP contribution in [0, 0.1) is 13.8 Å². The number of hydrogen-bond donors (Lipinski definition) is 5. The van der Waals surface area contributed by atoms with Gasteiger partial charge >= 0.3 is 35.2 Å². The van der Waals surface area contributed by atoms with Crippen LogP contribution in [-0.4, -0.2) is 64.9 Å². The molecule has 5 N–H and O–H groups in total. The Balaban J connectivity index is 0.00000280. The fraction of sp³-hybridized carbons (Fsp3) is 0.412. The number of aliphatic hydroxyl groups excluding tert-OH is 4. The zero-order valence-corrected chi connectivity index (χ0v) is 19.0. The van der Waals surface area contributed by atoms with E-state index in [-0.39, 0.29) is 61.5 Å². The summed E-state index contributed by atoms with van der Waals surface area (Å²) in [6.45, 7) is 2.73. The van der Waals surface area contributed by atoms with Crippen molar-refractivity contribution in [2.45, 2.75) is 38.7 Å². The molecule has 0 amide bonds. The van der Waals surface area contributed by atoms with E-state index in [1.807, 2.05) is 13.8 Å². The third kappa shape index (κ3) is 5.04. The number of aryl methyl sites for hydroxylation is 2. The first-order valence-electron chi connectivity index (χ1n) is 8.29. The number of nitrogens with one attached hydrogen (secondary N) is 1. The van der Waals surface area contributed by atoms with Crippen LogP contribution >= 0.6 is 12.4 Å². The van der Waals surface area contributed by atoms with Gasteiger partial charge in [-0.05, 0) is 37.1 Å². The van der Waals surface area contributed by atoms with Crippen LogP contribution in [0.4, 0.5) is 0 Å². The molecule has 0 fully saturated rings. The number of aromatic nitrogens is 4. The van der Waals surface area contributed by atoms with Gasteiger partial charge in [0.2, 0.25) is 0 Å². The second kappa shape index (κ2) is 10.1. The number of fused-ring (bicyclic) bond motifs is 2. The average Bonchev–Trinajstić information content (AvgIpc) is 2.62. The molecule has 0 spiro atoms. The molecule has 0 saturated carbocycles. The van der Waals surface area contributed by atoms with Crippen molar-refractivity contribution in [1.82, 2.24) is 19.5 Å². The minimum absolute atomic E-state index is 0. The van der Waals surface area contributed by atoms with E-state index < -0.39 is 36.2 Å². The summed E-state index contributed by atoms with van der Waals surface area (Å²) in [5.41, 5.74) is 1.11. The molecule has 0 bridgehead atoms. The van der Waals surface area contributed by atoms with Crippen molar-refractivity contribution >= 4 is 23.4 Å². The molecule has 29 heavy (non-hydrogen) atoms. The van der Waals surface area contributed by atoms with Crippen LogP contribution in [0.2, 0.25) is 0 Å². The van der Waals surface area contributed by atoms with Gasteiger partial charge in [0.15, 0.2) is 11.5 Å². The SMILES string of the molecule is Cc1cc2nc3c(=O)[nH]c(=O)nc-3n(C[C@@H](O)[C@@H](O)[C@@H](O)CO)c2cc1C.Cl.[H-].[Na+]. The maximum atomic E-state index is 12.2. The molecule has 2 aliphatic heterocycles. The molecular weight excluding hydrogens is 415 g/mol. The third-order valence-electron chi connectivity index (χ3n) is 4.57. The number of aliphatic hydroxyl groups is 4. The number of rotatable bonds is 5. The van der Waals surface area contributed by atoms with Crippen LogP contribution < -0.4 is 40.8 Å². The number of hydrogen-bond acceptors (Lipinski definition) is 8. The number of nitrogens with zero attached hydrogens (tertiary/aromatic N) is 3. The predicted molar refractivity (Wildman–Crippen MR) is 104 cm³/mol. The topological polar surface area (TPSA) is 162 Å². The van der Waals surface area contributed by atoms with Crippen LogP contribution in [0.3, 0.4) is 0 Å². The third-order valence-corrected chi connectivity index (χ3v) is 4.57. The zero-order chi connectivity index (χ0) is 19.9. The van der Waals surface area contributed by atoms with Gasteiger partial charge in [0.05, 0.1) is 24.2 Å². The van der Waals surface area contributed by atoms with Crippen LogP contribution in [0.15, 0.2) is 21.7 Å². The number of H-pyrrole nitrogens is 1. The molecule has 2 heterocycles. The molecule has 1 aromatic carbocycles. The molecule has 0 radical (unpaired) electrons. The average molecular weight is 437 g/mol. The monoisotopic (exact) mass is 436 g/mol. The first kappa shape index (κ1) is 25.7. The Hall–Kier alpha value is -1.37. The van der Waals surface area contributed by atoms with E-state index in [0.29, 0.717) is 11.0 Å². The minimum atomic E-state index is -1.64. The van der Waals surface area contributed by atoms with Crippen LogP contribution in [-0.2, 0) is 6.54 Å². The Labute approximate surface area is 194 Å². The quantitative estimate of drug-likeness (QED) is 0.199. The second-order valence-electron chi connectivity index (χ2n) is 6.50. The van der Waals surface area contributed by atoms with Gasteiger partial charge in [0.1, 0.15) is 18.3 Å². The summed E-state index contributed by atoms with van der Waals surface area (Å²) in [6, 6.07) is 3.53. The van der Waals surface area contributed by atoms with E-state index in [9.17, 15) is 24.9 Å². The molecule has 10 nitrogen and oxygen atoms in total. The molecule has 1 aromatic rings. The molecule has 0 unspecified atom stereocenters. The Bertz CT molecular complexity index is 1090. The van der Waals surface area contributed by atoms with Crippen molar-refractivity contribution in [2.24, 2.45) is 0 Å². The zero-order valence-electron chi connectivity index (χ0n) is 17.2. The summed E-state index contributed by atoms with van der Waals surface area (Å²) in [5, 5.41) is 38.8. The molecular formula is C17H22ClN4NaO6. The molecule has 12 heteroatoms. The Morgan fingerprint density at radius 3 is 2.34 bits per heavy atom. The van der Waals surface area contributed by atoms with E-state index in [4.69, 9.17) is 5.11 Å². The second-order valence-corrected chi connectivity index (χ2v) is 6.50. The van der Waals surface area contributed by atoms with E-state index in [2.05, 4.69) is 15.0 Å². The maximum Gasteiger partial charge on any atom is 1.00 e. The summed E-state index contributed by atoms with van der Waals surface area (Å²) >= 11 is 0. The van der Waals surface area contributed by atoms with Gasteiger partial charge in [-0.2, -0.15) is 4.98 Å². The van der Waals surface area contributed by atoms with Gasteiger partial charge in [-0.3, -0.25) is 9.78 Å². The maximum absolute atomic E-state index is 12.2. The van der Waals surface area contributed by atoms with Crippen LogP contribution in [0.5, 0.6) is 0 Å². The van der Waals surface area contributed by atoms with E-state index in [1.54, 1.807) is 12.1 Å². The molecule has 3 rings (SSSR count). The standard InChI is InChI=1S/C17H20N4O6.ClH.Na.H/c1-7-3-9-10(4-8(7)2)21(5-11(23)14(25)12(24)6-22)15-13(18-9)16(26)20-17(27)19-15;;;/h3-4,11-12,14,22-25H,5-6H2,1-2H3,(H,20,26,27);1H;;/q;;+1;-1/t11-,12+,14-;;;/m1.../s1. The van der Waals surface area contributed by atoms with Crippen molar-refractivity contribution in [3.05, 3.63) is 44.1 Å². The van der Waals surface area contributed by atoms with Gasteiger partial charge < -0.3 is 26.4 Å². The van der Waals surface area contributed by atoms with Gasteiger partial charge in [-0.1, -0.05) is 0 Å². The van der Waals surface area contributed by atoms with E-state index in [0.717, 1.165) is 11.1 Å². The summed E-state index contributed by atoms with van der Waals surface area (Å²) < 4.78 is 1.40. The van der Waals surface area contributed by atoms with Gasteiger partial charge in [-0.15, -0.1) is 12.4 Å². The van der Waals surface area contributed by atoms with E-state index in [1.165, 1.54) is 4.57 Å². The molecule has 154 valence electrons. The summed E-state index contributed by atoms with van der Waals surface area (Å²) in [6.07, 6.45) is -4.68. The minimum Gasteiger partial charge on any atom is -1.00 e. The van der Waals surface area contributed by atoms with Crippen LogP contribution in [0.1, 0.15) is 12.6 Å². The van der Waals surface area contributed by atoms with Gasteiger partial charge in [0.25, 0.3) is 5.56 Å². The first-order valence-corrected chi connectivity index (χ1v) is 8.29. The Morgan fingerprint density at radius 2 is 1.72 bits per heavy atom. The largest absolute Gasteiger partial charge is 1.00 e. The molecule has 0 saturated heterocycles. The van der Waals surface area contributed by atoms with Crippen molar-refractivity contribution in [2.75, 3.05) is 6.61 Å². The normalized spacial score (nSPS) is 14.1. The fourth-order valence-electron chi connectivity index (χ4n) is 2.89. The van der Waals surface area contributed by atoms with Crippen molar-refractivity contribution < 1.29 is 51.4 Å². The van der Waals surface area contributed by atoms with Gasteiger partial charge in [-0.25, -0.2) is 9.78 Å². The Morgan fingerprint density at radius 1 is 1.10 bits per heavy atom. The Kier molecular flexibility index (Phi) is 8.93.